The van der Waals surface area contributed by atoms with E-state index in [2.05, 4.69) is 0 Å². The molecule has 0 heterocycles. The van der Waals surface area contributed by atoms with E-state index in [9.17, 15) is 22.0 Å². The van der Waals surface area contributed by atoms with Gasteiger partial charge in [0.1, 0.15) is 17.2 Å². The molecule has 0 nitrogen and oxygen atoms in total. The highest BCUT2D eigenvalue weighted by atomic mass is 19.4. The van der Waals surface area contributed by atoms with Gasteiger partial charge in [-0.3, -0.25) is 0 Å². The highest BCUT2D eigenvalue weighted by Gasteiger charge is 2.39. The van der Waals surface area contributed by atoms with Crippen LogP contribution < -0.4 is 0 Å². The summed E-state index contributed by atoms with van der Waals surface area (Å²) >= 11 is 0. The lowest BCUT2D eigenvalue weighted by atomic mass is 9.69. The zero-order chi connectivity index (χ0) is 20.8. The van der Waals surface area contributed by atoms with Gasteiger partial charge >= 0.3 is 6.18 Å². The molecule has 0 saturated heterocycles. The second-order valence-electron chi connectivity index (χ2n) is 7.78. The van der Waals surface area contributed by atoms with Crippen molar-refractivity contribution in [2.75, 3.05) is 0 Å². The van der Waals surface area contributed by atoms with E-state index in [4.69, 9.17) is 0 Å². The van der Waals surface area contributed by atoms with Gasteiger partial charge in [0.15, 0.2) is 0 Å². The van der Waals surface area contributed by atoms with E-state index in [1.165, 1.54) is 0 Å². The van der Waals surface area contributed by atoms with Gasteiger partial charge in [0.05, 0.1) is 0 Å². The Morgan fingerprint density at radius 2 is 1.66 bits per heavy atom. The Hall–Kier alpha value is -2.43. The summed E-state index contributed by atoms with van der Waals surface area (Å²) in [5.74, 6) is -3.29. The lowest BCUT2D eigenvalue weighted by molar-refractivity contribution is -0.142. The Balaban J connectivity index is 1.90. The van der Waals surface area contributed by atoms with Crippen LogP contribution in [0.2, 0.25) is 0 Å². The summed E-state index contributed by atoms with van der Waals surface area (Å²) in [6, 6.07) is 13.7. The van der Waals surface area contributed by atoms with Crippen LogP contribution in [0.3, 0.4) is 0 Å². The summed E-state index contributed by atoms with van der Waals surface area (Å²) in [6.45, 7) is 2.04. The largest absolute Gasteiger partial charge is 0.422 e. The normalized spacial score (nSPS) is 19.4. The molecule has 0 spiro atoms. The Morgan fingerprint density at radius 3 is 2.31 bits per heavy atom. The van der Waals surface area contributed by atoms with Crippen LogP contribution in [0, 0.1) is 17.6 Å². The van der Waals surface area contributed by atoms with E-state index in [0.717, 1.165) is 59.7 Å². The summed E-state index contributed by atoms with van der Waals surface area (Å²) < 4.78 is 67.7. The van der Waals surface area contributed by atoms with Crippen molar-refractivity contribution in [1.29, 1.82) is 0 Å². The number of hydrogen-bond acceptors (Lipinski definition) is 0. The molecule has 4 rings (SSSR count). The number of aryl methyl sites for hydroxylation is 1. The molecule has 0 aromatic heterocycles. The predicted octanol–water partition coefficient (Wildman–Crippen LogP) is 7.63. The molecule has 0 bridgehead atoms. The molecule has 0 aliphatic heterocycles. The fourth-order valence-corrected chi connectivity index (χ4v) is 4.85. The predicted molar refractivity (Wildman–Crippen MR) is 104 cm³/mol. The lowest BCUT2D eigenvalue weighted by Gasteiger charge is -2.35. The van der Waals surface area contributed by atoms with Crippen molar-refractivity contribution in [3.63, 3.8) is 0 Å². The minimum absolute atomic E-state index is 0.129. The molecule has 1 aliphatic rings. The second kappa shape index (κ2) is 7.43. The molecule has 0 unspecified atom stereocenters. The van der Waals surface area contributed by atoms with Crippen molar-refractivity contribution in [3.8, 4) is 0 Å². The number of alkyl halides is 3. The number of halogens is 5. The number of benzene rings is 3. The molecule has 0 radical (unpaired) electrons. The molecule has 29 heavy (non-hydrogen) atoms. The van der Waals surface area contributed by atoms with Crippen molar-refractivity contribution in [1.82, 2.24) is 0 Å². The first-order chi connectivity index (χ1) is 13.8. The fraction of sp³-hybridized carbons (Fsp3) is 0.333. The van der Waals surface area contributed by atoms with Gasteiger partial charge < -0.3 is 0 Å². The monoisotopic (exact) mass is 404 g/mol. The number of rotatable bonds is 3. The summed E-state index contributed by atoms with van der Waals surface area (Å²) in [6.07, 6.45) is -1.62. The van der Waals surface area contributed by atoms with Gasteiger partial charge in [0.25, 0.3) is 0 Å². The lowest BCUT2D eigenvalue weighted by Crippen LogP contribution is -2.23. The molecule has 3 aromatic carbocycles. The van der Waals surface area contributed by atoms with Crippen molar-refractivity contribution in [3.05, 3.63) is 82.4 Å². The van der Waals surface area contributed by atoms with E-state index in [1.54, 1.807) is 0 Å². The zero-order valence-electron chi connectivity index (χ0n) is 16.0. The fourth-order valence-electron chi connectivity index (χ4n) is 4.85. The minimum Gasteiger partial charge on any atom is -0.206 e. The van der Waals surface area contributed by atoms with Crippen LogP contribution in [0.1, 0.15) is 54.4 Å². The van der Waals surface area contributed by atoms with Crippen LogP contribution in [0.15, 0.2) is 48.5 Å². The van der Waals surface area contributed by atoms with E-state index < -0.39 is 23.4 Å². The second-order valence-corrected chi connectivity index (χ2v) is 7.78. The van der Waals surface area contributed by atoms with E-state index >= 15 is 0 Å². The van der Waals surface area contributed by atoms with Crippen LogP contribution in [0.5, 0.6) is 0 Å². The zero-order valence-corrected chi connectivity index (χ0v) is 16.0. The van der Waals surface area contributed by atoms with Crippen molar-refractivity contribution < 1.29 is 22.0 Å². The van der Waals surface area contributed by atoms with Gasteiger partial charge in [0, 0.05) is 5.92 Å². The molecule has 152 valence electrons. The highest BCUT2D eigenvalue weighted by molar-refractivity contribution is 5.87. The molecule has 0 N–H and O–H groups in total. The van der Waals surface area contributed by atoms with Crippen LogP contribution in [-0.2, 0) is 12.6 Å². The maximum absolute atomic E-state index is 14.3. The first-order valence-electron chi connectivity index (χ1n) is 9.88. The third-order valence-corrected chi connectivity index (χ3v) is 6.01. The Labute approximate surface area is 166 Å². The van der Waals surface area contributed by atoms with Gasteiger partial charge in [-0.05, 0) is 64.8 Å². The average Bonchev–Trinajstić information content (AvgIpc) is 2.66. The van der Waals surface area contributed by atoms with Crippen LogP contribution >= 0.6 is 0 Å². The quantitative estimate of drug-likeness (QED) is 0.394. The Kier molecular flexibility index (Phi) is 5.09. The topological polar surface area (TPSA) is 0 Å². The summed E-state index contributed by atoms with van der Waals surface area (Å²) in [4.78, 5) is 0. The molecule has 0 saturated carbocycles. The van der Waals surface area contributed by atoms with Gasteiger partial charge in [0.2, 0.25) is 0 Å². The minimum atomic E-state index is -5.06. The van der Waals surface area contributed by atoms with E-state index in [-0.39, 0.29) is 17.4 Å². The molecule has 2 atom stereocenters. The number of hydrogen-bond donors (Lipinski definition) is 0. The molecule has 1 aliphatic carbocycles. The molecule has 0 fully saturated rings. The van der Waals surface area contributed by atoms with Crippen molar-refractivity contribution >= 4 is 10.8 Å². The smallest absolute Gasteiger partial charge is 0.206 e. The van der Waals surface area contributed by atoms with Gasteiger partial charge in [-0.15, -0.1) is 0 Å². The SMILES string of the molecule is CCC[C@@H]1CCc2c(ccc3ccccc23)[C@H]1c1cc(F)c(C(F)(F)F)c(F)c1. The van der Waals surface area contributed by atoms with Crippen LogP contribution in [-0.4, -0.2) is 0 Å². The first kappa shape index (κ1) is 19.9. The van der Waals surface area contributed by atoms with Gasteiger partial charge in [-0.1, -0.05) is 49.7 Å². The Morgan fingerprint density at radius 1 is 0.966 bits per heavy atom. The average molecular weight is 404 g/mol. The standard InChI is InChI=1S/C24H21F5/c1-2-5-15-9-10-18-17-7-4-3-6-14(17)8-11-19(18)22(15)16-12-20(25)23(21(26)13-16)24(27,28)29/h3-4,6-8,11-13,15,22H,2,5,9-10H2,1H3/t15-,22-/m1/s1. The summed E-state index contributed by atoms with van der Waals surface area (Å²) in [5.41, 5.74) is 0.554. The summed E-state index contributed by atoms with van der Waals surface area (Å²) in [7, 11) is 0. The third kappa shape index (κ3) is 3.52. The van der Waals surface area contributed by atoms with Crippen LogP contribution in [0.25, 0.3) is 10.8 Å². The number of fused-ring (bicyclic) bond motifs is 3. The third-order valence-electron chi connectivity index (χ3n) is 6.01. The van der Waals surface area contributed by atoms with E-state index in [1.807, 2.05) is 43.3 Å². The summed E-state index contributed by atoms with van der Waals surface area (Å²) in [5, 5.41) is 2.18. The maximum atomic E-state index is 14.3. The van der Waals surface area contributed by atoms with Crippen molar-refractivity contribution in [2.45, 2.75) is 44.7 Å². The molecular formula is C24H21F5. The van der Waals surface area contributed by atoms with Gasteiger partial charge in [-0.25, -0.2) is 8.78 Å². The molecule has 5 heteroatoms. The molecule has 0 amide bonds. The maximum Gasteiger partial charge on any atom is 0.422 e. The highest BCUT2D eigenvalue weighted by Crippen LogP contribution is 2.46. The van der Waals surface area contributed by atoms with Crippen LogP contribution in [0.4, 0.5) is 22.0 Å². The first-order valence-corrected chi connectivity index (χ1v) is 9.88. The van der Waals surface area contributed by atoms with E-state index in [0.29, 0.717) is 0 Å². The van der Waals surface area contributed by atoms with Gasteiger partial charge in [-0.2, -0.15) is 13.2 Å². The molecular weight excluding hydrogens is 383 g/mol. The van der Waals surface area contributed by atoms with Crippen molar-refractivity contribution in [2.24, 2.45) is 5.92 Å². The Bertz CT molecular complexity index is 1030. The molecule has 3 aromatic rings.